The molecular formula is C15H23NO4S. The van der Waals surface area contributed by atoms with Crippen molar-refractivity contribution in [3.05, 3.63) is 29.3 Å². The number of piperidine rings is 1. The summed E-state index contributed by atoms with van der Waals surface area (Å²) in [7, 11) is -3.42. The van der Waals surface area contributed by atoms with Gasteiger partial charge in [0.15, 0.2) is 0 Å². The summed E-state index contributed by atoms with van der Waals surface area (Å²) in [4.78, 5) is 0.370. The molecule has 0 aromatic heterocycles. The number of aryl methyl sites for hydroxylation is 2. The molecule has 0 saturated carbocycles. The van der Waals surface area contributed by atoms with Crippen molar-refractivity contribution >= 4 is 10.0 Å². The maximum atomic E-state index is 12.7. The number of sulfonamides is 1. The zero-order valence-electron chi connectivity index (χ0n) is 12.6. The minimum Gasteiger partial charge on any atom is -0.394 e. The first-order valence-electron chi connectivity index (χ1n) is 7.24. The Morgan fingerprint density at radius 1 is 1.19 bits per heavy atom. The molecule has 6 heteroatoms. The van der Waals surface area contributed by atoms with E-state index in [-0.39, 0.29) is 12.7 Å². The molecule has 118 valence electrons. The van der Waals surface area contributed by atoms with Gasteiger partial charge in [-0.1, -0.05) is 6.07 Å². The molecule has 1 aromatic carbocycles. The number of hydrogen-bond acceptors (Lipinski definition) is 4. The Balaban J connectivity index is 2.07. The van der Waals surface area contributed by atoms with Crippen LogP contribution in [0.1, 0.15) is 24.0 Å². The van der Waals surface area contributed by atoms with Crippen molar-refractivity contribution in [2.24, 2.45) is 0 Å². The quantitative estimate of drug-likeness (QED) is 0.894. The summed E-state index contributed by atoms with van der Waals surface area (Å²) >= 11 is 0. The van der Waals surface area contributed by atoms with E-state index < -0.39 is 10.0 Å². The summed E-state index contributed by atoms with van der Waals surface area (Å²) in [5, 5.41) is 8.75. The Bertz CT molecular complexity index is 557. The fourth-order valence-electron chi connectivity index (χ4n) is 2.69. The summed E-state index contributed by atoms with van der Waals surface area (Å²) in [5.41, 5.74) is 1.91. The monoisotopic (exact) mass is 313 g/mol. The van der Waals surface area contributed by atoms with Gasteiger partial charge < -0.3 is 9.84 Å². The van der Waals surface area contributed by atoms with E-state index in [9.17, 15) is 8.42 Å². The number of ether oxygens (including phenoxy) is 1. The van der Waals surface area contributed by atoms with Gasteiger partial charge in [-0.25, -0.2) is 8.42 Å². The second kappa shape index (κ2) is 6.87. The summed E-state index contributed by atoms with van der Waals surface area (Å²) in [5.74, 6) is 0. The third kappa shape index (κ3) is 4.03. The highest BCUT2D eigenvalue weighted by Gasteiger charge is 2.29. The average molecular weight is 313 g/mol. The van der Waals surface area contributed by atoms with Crippen molar-refractivity contribution in [3.63, 3.8) is 0 Å². The molecule has 1 aliphatic heterocycles. The lowest BCUT2D eigenvalue weighted by atomic mass is 10.1. The van der Waals surface area contributed by atoms with Gasteiger partial charge in [0.05, 0.1) is 24.2 Å². The normalized spacial score (nSPS) is 18.0. The molecule has 21 heavy (non-hydrogen) atoms. The van der Waals surface area contributed by atoms with E-state index >= 15 is 0 Å². The van der Waals surface area contributed by atoms with Crippen molar-refractivity contribution in [2.45, 2.75) is 37.7 Å². The molecular weight excluding hydrogens is 290 g/mol. The van der Waals surface area contributed by atoms with Crippen LogP contribution in [0.15, 0.2) is 23.1 Å². The number of rotatable bonds is 5. The van der Waals surface area contributed by atoms with Crippen LogP contribution in [0, 0.1) is 13.8 Å². The van der Waals surface area contributed by atoms with Gasteiger partial charge in [-0.2, -0.15) is 4.31 Å². The zero-order valence-corrected chi connectivity index (χ0v) is 13.4. The van der Waals surface area contributed by atoms with Crippen molar-refractivity contribution in [2.75, 3.05) is 26.3 Å². The third-order valence-corrected chi connectivity index (χ3v) is 5.56. The molecule has 1 fully saturated rings. The molecule has 0 amide bonds. The second-order valence-electron chi connectivity index (χ2n) is 5.52. The molecule has 0 bridgehead atoms. The van der Waals surface area contributed by atoms with E-state index in [0.29, 0.717) is 37.4 Å². The van der Waals surface area contributed by atoms with Gasteiger partial charge in [0.25, 0.3) is 0 Å². The van der Waals surface area contributed by atoms with Gasteiger partial charge >= 0.3 is 0 Å². The second-order valence-corrected chi connectivity index (χ2v) is 7.46. The predicted octanol–water partition coefficient (Wildman–Crippen LogP) is 1.47. The number of benzene rings is 1. The van der Waals surface area contributed by atoms with E-state index in [1.54, 1.807) is 12.1 Å². The smallest absolute Gasteiger partial charge is 0.243 e. The maximum Gasteiger partial charge on any atom is 0.243 e. The Morgan fingerprint density at radius 3 is 2.29 bits per heavy atom. The maximum absolute atomic E-state index is 12.7. The number of hydrogen-bond donors (Lipinski definition) is 1. The van der Waals surface area contributed by atoms with Crippen LogP contribution in [0.5, 0.6) is 0 Å². The molecule has 0 radical (unpaired) electrons. The molecule has 0 spiro atoms. The minimum absolute atomic E-state index is 0.00107. The highest BCUT2D eigenvalue weighted by Crippen LogP contribution is 2.23. The van der Waals surface area contributed by atoms with Crippen molar-refractivity contribution in [1.29, 1.82) is 0 Å². The molecule has 0 atom stereocenters. The lowest BCUT2D eigenvalue weighted by molar-refractivity contribution is 0.00318. The highest BCUT2D eigenvalue weighted by atomic mass is 32.2. The van der Waals surface area contributed by atoms with Crippen LogP contribution in [0.4, 0.5) is 0 Å². The Kier molecular flexibility index (Phi) is 5.37. The van der Waals surface area contributed by atoms with Crippen LogP contribution in [-0.2, 0) is 14.8 Å². The molecule has 0 unspecified atom stereocenters. The Labute approximate surface area is 126 Å². The average Bonchev–Trinajstić information content (AvgIpc) is 2.44. The lowest BCUT2D eigenvalue weighted by Crippen LogP contribution is -2.41. The van der Waals surface area contributed by atoms with E-state index in [4.69, 9.17) is 9.84 Å². The number of aliphatic hydroxyl groups excluding tert-OH is 1. The first-order chi connectivity index (χ1) is 9.93. The van der Waals surface area contributed by atoms with E-state index in [1.807, 2.05) is 19.9 Å². The van der Waals surface area contributed by atoms with Gasteiger partial charge in [-0.3, -0.25) is 0 Å². The van der Waals surface area contributed by atoms with Gasteiger partial charge in [0.2, 0.25) is 10.0 Å². The predicted molar refractivity (Wildman–Crippen MR) is 80.7 cm³/mol. The zero-order chi connectivity index (χ0) is 15.5. The summed E-state index contributed by atoms with van der Waals surface area (Å²) < 4.78 is 32.3. The van der Waals surface area contributed by atoms with Crippen molar-refractivity contribution in [3.8, 4) is 0 Å². The van der Waals surface area contributed by atoms with Gasteiger partial charge in [-0.15, -0.1) is 0 Å². The van der Waals surface area contributed by atoms with Crippen LogP contribution >= 0.6 is 0 Å². The molecule has 1 heterocycles. The Morgan fingerprint density at radius 2 is 1.76 bits per heavy atom. The van der Waals surface area contributed by atoms with E-state index in [1.165, 1.54) is 4.31 Å². The molecule has 2 rings (SSSR count). The minimum atomic E-state index is -3.42. The van der Waals surface area contributed by atoms with Gasteiger partial charge in [-0.05, 0) is 49.9 Å². The third-order valence-electron chi connectivity index (χ3n) is 3.68. The summed E-state index contributed by atoms with van der Waals surface area (Å²) in [6.07, 6.45) is 1.39. The van der Waals surface area contributed by atoms with Crippen LogP contribution in [0.3, 0.4) is 0 Å². The van der Waals surface area contributed by atoms with Crippen LogP contribution in [0.2, 0.25) is 0 Å². The molecule has 0 aliphatic carbocycles. The topological polar surface area (TPSA) is 66.8 Å². The van der Waals surface area contributed by atoms with E-state index in [0.717, 1.165) is 11.1 Å². The van der Waals surface area contributed by atoms with Crippen LogP contribution in [0.25, 0.3) is 0 Å². The highest BCUT2D eigenvalue weighted by molar-refractivity contribution is 7.89. The standard InChI is InChI=1S/C15H23NO4S/c1-12-9-13(2)11-15(10-12)21(18,19)16-5-3-14(4-6-16)20-8-7-17/h9-11,14,17H,3-8H2,1-2H3. The summed E-state index contributed by atoms with van der Waals surface area (Å²) in [6, 6.07) is 5.40. The number of aliphatic hydroxyl groups is 1. The summed E-state index contributed by atoms with van der Waals surface area (Å²) in [6.45, 7) is 5.05. The number of nitrogens with zero attached hydrogens (tertiary/aromatic N) is 1. The fourth-order valence-corrected chi connectivity index (χ4v) is 4.35. The van der Waals surface area contributed by atoms with Gasteiger partial charge in [0.1, 0.15) is 0 Å². The molecule has 1 aromatic rings. The van der Waals surface area contributed by atoms with E-state index in [2.05, 4.69) is 0 Å². The van der Waals surface area contributed by atoms with Crippen LogP contribution < -0.4 is 0 Å². The van der Waals surface area contributed by atoms with Crippen LogP contribution in [-0.4, -0.2) is 50.2 Å². The fraction of sp³-hybridized carbons (Fsp3) is 0.600. The Hall–Kier alpha value is -0.950. The van der Waals surface area contributed by atoms with Crippen molar-refractivity contribution < 1.29 is 18.3 Å². The molecule has 1 aliphatic rings. The first-order valence-corrected chi connectivity index (χ1v) is 8.68. The van der Waals surface area contributed by atoms with Gasteiger partial charge in [0, 0.05) is 13.1 Å². The lowest BCUT2D eigenvalue weighted by Gasteiger charge is -2.31. The largest absolute Gasteiger partial charge is 0.394 e. The van der Waals surface area contributed by atoms with Crippen molar-refractivity contribution in [1.82, 2.24) is 4.31 Å². The molecule has 5 nitrogen and oxygen atoms in total. The SMILES string of the molecule is Cc1cc(C)cc(S(=O)(=O)N2CCC(OCCO)CC2)c1. The molecule has 1 N–H and O–H groups in total. The first kappa shape index (κ1) is 16.4. The molecule has 1 saturated heterocycles.